The first-order valence-corrected chi connectivity index (χ1v) is 7.36. The van der Waals surface area contributed by atoms with Crippen molar-refractivity contribution < 1.29 is 18.7 Å². The summed E-state index contributed by atoms with van der Waals surface area (Å²) in [7, 11) is 0. The molecule has 0 aliphatic carbocycles. The molecule has 0 radical (unpaired) electrons. The van der Waals surface area contributed by atoms with Crippen molar-refractivity contribution in [2.45, 2.75) is 31.2 Å². The Morgan fingerprint density at radius 3 is 2.60 bits per heavy atom. The quantitative estimate of drug-likeness (QED) is 0.620. The third kappa shape index (κ3) is 6.06. The smallest absolute Gasteiger partial charge is 0.328 e. The number of carbonyl (C=O) groups excluding carboxylic acids is 2. The van der Waals surface area contributed by atoms with E-state index >= 15 is 0 Å². The lowest BCUT2D eigenvalue weighted by molar-refractivity contribution is -0.146. The van der Waals surface area contributed by atoms with Crippen molar-refractivity contribution in [1.82, 2.24) is 5.32 Å². The van der Waals surface area contributed by atoms with Crippen LogP contribution in [-0.4, -0.2) is 30.3 Å². The zero-order valence-electron chi connectivity index (χ0n) is 11.5. The van der Waals surface area contributed by atoms with Gasteiger partial charge in [-0.25, -0.2) is 9.18 Å². The molecule has 0 aromatic heterocycles. The van der Waals surface area contributed by atoms with E-state index in [2.05, 4.69) is 5.32 Å². The average molecular weight is 299 g/mol. The van der Waals surface area contributed by atoms with Gasteiger partial charge in [-0.15, -0.1) is 11.8 Å². The molecule has 0 fully saturated rings. The van der Waals surface area contributed by atoms with Crippen molar-refractivity contribution in [1.29, 1.82) is 0 Å². The van der Waals surface area contributed by atoms with Gasteiger partial charge in [0.25, 0.3) is 0 Å². The van der Waals surface area contributed by atoms with Gasteiger partial charge in [-0.1, -0.05) is 0 Å². The third-order valence-corrected chi connectivity index (χ3v) is 3.44. The fraction of sp³-hybridized carbons (Fsp3) is 0.429. The van der Waals surface area contributed by atoms with Crippen LogP contribution in [0, 0.1) is 5.82 Å². The highest BCUT2D eigenvalue weighted by molar-refractivity contribution is 7.99. The molecule has 1 atom stereocenters. The van der Waals surface area contributed by atoms with E-state index in [1.807, 2.05) is 0 Å². The molecular formula is C14H18FNO3S. The first-order valence-electron chi connectivity index (χ1n) is 6.37. The predicted molar refractivity (Wildman–Crippen MR) is 76.0 cm³/mol. The van der Waals surface area contributed by atoms with Crippen LogP contribution in [0.2, 0.25) is 0 Å². The second kappa shape index (κ2) is 8.58. The summed E-state index contributed by atoms with van der Waals surface area (Å²) >= 11 is 1.46. The highest BCUT2D eigenvalue weighted by Crippen LogP contribution is 2.18. The zero-order chi connectivity index (χ0) is 15.0. The summed E-state index contributed by atoms with van der Waals surface area (Å²) in [5, 5.41) is 2.57. The van der Waals surface area contributed by atoms with Crippen LogP contribution in [-0.2, 0) is 14.3 Å². The Morgan fingerprint density at radius 2 is 2.00 bits per heavy atom. The van der Waals surface area contributed by atoms with E-state index in [1.54, 1.807) is 26.0 Å². The molecule has 4 nitrogen and oxygen atoms in total. The SMILES string of the molecule is CCOC(=O)C(C)NC(=O)CCSc1ccc(F)cc1. The molecule has 0 spiro atoms. The van der Waals surface area contributed by atoms with Gasteiger partial charge in [0.2, 0.25) is 5.91 Å². The van der Waals surface area contributed by atoms with Gasteiger partial charge in [0.1, 0.15) is 11.9 Å². The van der Waals surface area contributed by atoms with E-state index in [1.165, 1.54) is 23.9 Å². The van der Waals surface area contributed by atoms with Crippen LogP contribution < -0.4 is 5.32 Å². The molecule has 6 heteroatoms. The van der Waals surface area contributed by atoms with Crippen molar-refractivity contribution in [2.24, 2.45) is 0 Å². The molecule has 0 saturated heterocycles. The van der Waals surface area contributed by atoms with Crippen LogP contribution in [0.1, 0.15) is 20.3 Å². The topological polar surface area (TPSA) is 55.4 Å². The van der Waals surface area contributed by atoms with Gasteiger partial charge in [-0.05, 0) is 38.1 Å². The molecular weight excluding hydrogens is 281 g/mol. The second-order valence-electron chi connectivity index (χ2n) is 4.09. The van der Waals surface area contributed by atoms with Crippen LogP contribution in [0.15, 0.2) is 29.2 Å². The Labute approximate surface area is 122 Å². The van der Waals surface area contributed by atoms with Crippen molar-refractivity contribution in [3.05, 3.63) is 30.1 Å². The number of hydrogen-bond donors (Lipinski definition) is 1. The van der Waals surface area contributed by atoms with Gasteiger partial charge in [0.05, 0.1) is 6.61 Å². The Bertz CT molecular complexity index is 450. The van der Waals surface area contributed by atoms with Crippen molar-refractivity contribution >= 4 is 23.6 Å². The standard InChI is InChI=1S/C14H18FNO3S/c1-3-19-14(18)10(2)16-13(17)8-9-20-12-6-4-11(15)5-7-12/h4-7,10H,3,8-9H2,1-2H3,(H,16,17). The largest absolute Gasteiger partial charge is 0.464 e. The van der Waals surface area contributed by atoms with E-state index in [4.69, 9.17) is 4.74 Å². The molecule has 1 aromatic carbocycles. The summed E-state index contributed by atoms with van der Waals surface area (Å²) in [6.45, 7) is 3.59. The number of carbonyl (C=O) groups is 2. The predicted octanol–water partition coefficient (Wildman–Crippen LogP) is 2.38. The third-order valence-electron chi connectivity index (χ3n) is 2.43. The van der Waals surface area contributed by atoms with Gasteiger partial charge in [0, 0.05) is 17.1 Å². The summed E-state index contributed by atoms with van der Waals surface area (Å²) in [6.07, 6.45) is 0.284. The van der Waals surface area contributed by atoms with Crippen LogP contribution in [0.5, 0.6) is 0 Å². The van der Waals surface area contributed by atoms with Crippen LogP contribution >= 0.6 is 11.8 Å². The maximum absolute atomic E-state index is 12.7. The summed E-state index contributed by atoms with van der Waals surface area (Å²) in [6, 6.07) is 5.45. The van der Waals surface area contributed by atoms with E-state index in [-0.39, 0.29) is 18.1 Å². The maximum Gasteiger partial charge on any atom is 0.328 e. The lowest BCUT2D eigenvalue weighted by Gasteiger charge is -2.12. The first-order chi connectivity index (χ1) is 9.52. The molecule has 0 saturated carbocycles. The highest BCUT2D eigenvalue weighted by atomic mass is 32.2. The van der Waals surface area contributed by atoms with E-state index in [0.29, 0.717) is 12.4 Å². The monoisotopic (exact) mass is 299 g/mol. The molecule has 0 bridgehead atoms. The summed E-state index contributed by atoms with van der Waals surface area (Å²) in [5.74, 6) is -0.366. The lowest BCUT2D eigenvalue weighted by atomic mass is 10.3. The summed E-state index contributed by atoms with van der Waals surface area (Å²) in [4.78, 5) is 23.8. The average Bonchev–Trinajstić information content (AvgIpc) is 2.41. The minimum atomic E-state index is -0.640. The minimum Gasteiger partial charge on any atom is -0.464 e. The van der Waals surface area contributed by atoms with Gasteiger partial charge in [-0.3, -0.25) is 4.79 Å². The maximum atomic E-state index is 12.7. The number of thioether (sulfide) groups is 1. The van der Waals surface area contributed by atoms with Crippen molar-refractivity contribution in [3.63, 3.8) is 0 Å². The molecule has 1 aromatic rings. The fourth-order valence-corrected chi connectivity index (χ4v) is 2.28. The van der Waals surface area contributed by atoms with E-state index in [0.717, 1.165) is 4.90 Å². The molecule has 1 unspecified atom stereocenters. The lowest BCUT2D eigenvalue weighted by Crippen LogP contribution is -2.39. The Morgan fingerprint density at radius 1 is 1.35 bits per heavy atom. The van der Waals surface area contributed by atoms with Crippen molar-refractivity contribution in [3.8, 4) is 0 Å². The van der Waals surface area contributed by atoms with Crippen LogP contribution in [0.4, 0.5) is 4.39 Å². The summed E-state index contributed by atoms with van der Waals surface area (Å²) < 4.78 is 17.5. The number of hydrogen-bond acceptors (Lipinski definition) is 4. The molecule has 20 heavy (non-hydrogen) atoms. The molecule has 110 valence electrons. The van der Waals surface area contributed by atoms with Gasteiger partial charge in [0.15, 0.2) is 0 Å². The molecule has 1 rings (SSSR count). The summed E-state index contributed by atoms with van der Waals surface area (Å²) in [5.41, 5.74) is 0. The normalized spacial score (nSPS) is 11.8. The Kier molecular flexibility index (Phi) is 7.08. The number of ether oxygens (including phenoxy) is 1. The number of halogens is 1. The number of amides is 1. The first kappa shape index (κ1) is 16.5. The van der Waals surface area contributed by atoms with E-state index < -0.39 is 12.0 Å². The molecule has 0 aliphatic heterocycles. The van der Waals surface area contributed by atoms with Gasteiger partial charge >= 0.3 is 5.97 Å². The van der Waals surface area contributed by atoms with Crippen molar-refractivity contribution in [2.75, 3.05) is 12.4 Å². The second-order valence-corrected chi connectivity index (χ2v) is 5.26. The van der Waals surface area contributed by atoms with Gasteiger partial charge in [-0.2, -0.15) is 0 Å². The Hall–Kier alpha value is -1.56. The van der Waals surface area contributed by atoms with Crippen LogP contribution in [0.3, 0.4) is 0 Å². The highest BCUT2D eigenvalue weighted by Gasteiger charge is 2.16. The molecule has 1 amide bonds. The number of rotatable bonds is 7. The molecule has 1 N–H and O–H groups in total. The fourth-order valence-electron chi connectivity index (χ4n) is 1.43. The molecule has 0 aliphatic rings. The van der Waals surface area contributed by atoms with Gasteiger partial charge < -0.3 is 10.1 Å². The number of benzene rings is 1. The number of esters is 1. The minimum absolute atomic E-state index is 0.208. The number of nitrogens with one attached hydrogen (secondary N) is 1. The van der Waals surface area contributed by atoms with E-state index in [9.17, 15) is 14.0 Å². The zero-order valence-corrected chi connectivity index (χ0v) is 12.3. The molecule has 0 heterocycles. The Balaban J connectivity index is 2.26. The van der Waals surface area contributed by atoms with Crippen LogP contribution in [0.25, 0.3) is 0 Å².